The maximum absolute atomic E-state index is 11.4. The van der Waals surface area contributed by atoms with Crippen molar-refractivity contribution in [1.82, 2.24) is 15.5 Å². The first-order chi connectivity index (χ1) is 10.1. The normalized spacial score (nSPS) is 10.7. The second kappa shape index (κ2) is 6.88. The van der Waals surface area contributed by atoms with E-state index < -0.39 is 0 Å². The molecule has 0 aliphatic heterocycles. The van der Waals surface area contributed by atoms with E-state index in [1.807, 2.05) is 38.1 Å². The molecule has 1 aromatic carbocycles. The SMILES string of the molecule is COc1ccccc1-c1nnc(CCNC(=O)C(C)C)o1. The van der Waals surface area contributed by atoms with Crippen LogP contribution in [0.3, 0.4) is 0 Å². The van der Waals surface area contributed by atoms with Gasteiger partial charge in [0.15, 0.2) is 0 Å². The number of benzene rings is 1. The van der Waals surface area contributed by atoms with Gasteiger partial charge in [-0.2, -0.15) is 0 Å². The van der Waals surface area contributed by atoms with Crippen molar-refractivity contribution in [2.75, 3.05) is 13.7 Å². The molecule has 6 heteroatoms. The topological polar surface area (TPSA) is 77.3 Å². The Balaban J connectivity index is 2.00. The number of carbonyl (C=O) groups is 1. The van der Waals surface area contributed by atoms with E-state index in [4.69, 9.17) is 9.15 Å². The molecule has 0 radical (unpaired) electrons. The minimum atomic E-state index is -0.0307. The fraction of sp³-hybridized carbons (Fsp3) is 0.400. The minimum absolute atomic E-state index is 0.0134. The zero-order valence-corrected chi connectivity index (χ0v) is 12.4. The van der Waals surface area contributed by atoms with Crippen LogP contribution >= 0.6 is 0 Å². The van der Waals surface area contributed by atoms with E-state index in [-0.39, 0.29) is 11.8 Å². The average molecular weight is 289 g/mol. The van der Waals surface area contributed by atoms with Gasteiger partial charge in [-0.15, -0.1) is 10.2 Å². The van der Waals surface area contributed by atoms with Crippen molar-refractivity contribution >= 4 is 5.91 Å². The molecule has 0 atom stereocenters. The van der Waals surface area contributed by atoms with Gasteiger partial charge in [0, 0.05) is 18.9 Å². The van der Waals surface area contributed by atoms with Gasteiger partial charge in [0.1, 0.15) is 5.75 Å². The molecule has 0 saturated heterocycles. The summed E-state index contributed by atoms with van der Waals surface area (Å²) in [7, 11) is 1.59. The number of nitrogens with one attached hydrogen (secondary N) is 1. The van der Waals surface area contributed by atoms with Crippen LogP contribution in [0.1, 0.15) is 19.7 Å². The quantitative estimate of drug-likeness (QED) is 0.880. The molecule has 6 nitrogen and oxygen atoms in total. The van der Waals surface area contributed by atoms with Crippen LogP contribution in [0.2, 0.25) is 0 Å². The summed E-state index contributed by atoms with van der Waals surface area (Å²) in [6.45, 7) is 4.17. The van der Waals surface area contributed by atoms with Gasteiger partial charge in [-0.1, -0.05) is 26.0 Å². The monoisotopic (exact) mass is 289 g/mol. The van der Waals surface area contributed by atoms with Gasteiger partial charge in [0.2, 0.25) is 11.8 Å². The predicted octanol–water partition coefficient (Wildman–Crippen LogP) is 2.06. The Morgan fingerprint density at radius 1 is 1.33 bits per heavy atom. The second-order valence-corrected chi connectivity index (χ2v) is 4.90. The molecule has 0 saturated carbocycles. The molecule has 1 heterocycles. The number of hydrogen-bond donors (Lipinski definition) is 1. The average Bonchev–Trinajstić information content (AvgIpc) is 2.95. The predicted molar refractivity (Wildman–Crippen MR) is 77.8 cm³/mol. The number of carbonyl (C=O) groups excluding carboxylic acids is 1. The van der Waals surface area contributed by atoms with E-state index in [1.165, 1.54) is 0 Å². The minimum Gasteiger partial charge on any atom is -0.496 e. The van der Waals surface area contributed by atoms with Crippen LogP contribution in [-0.2, 0) is 11.2 Å². The summed E-state index contributed by atoms with van der Waals surface area (Å²) < 4.78 is 10.9. The standard InChI is InChI=1S/C15H19N3O3/c1-10(2)14(19)16-9-8-13-17-18-15(21-13)11-6-4-5-7-12(11)20-3/h4-7,10H,8-9H2,1-3H3,(H,16,19). The highest BCUT2D eigenvalue weighted by Gasteiger charge is 2.13. The summed E-state index contributed by atoms with van der Waals surface area (Å²) in [5, 5.41) is 10.8. The molecule has 112 valence electrons. The molecule has 1 N–H and O–H groups in total. The molecule has 0 spiro atoms. The van der Waals surface area contributed by atoms with Crippen LogP contribution in [0, 0.1) is 5.92 Å². The Bertz CT molecular complexity index is 608. The van der Waals surface area contributed by atoms with Crippen molar-refractivity contribution < 1.29 is 13.9 Å². The first kappa shape index (κ1) is 15.0. The van der Waals surface area contributed by atoms with Crippen molar-refractivity contribution in [2.24, 2.45) is 5.92 Å². The lowest BCUT2D eigenvalue weighted by Crippen LogP contribution is -2.29. The molecule has 2 rings (SSSR count). The molecule has 0 fully saturated rings. The van der Waals surface area contributed by atoms with Gasteiger partial charge in [0.25, 0.3) is 5.89 Å². The number of hydrogen-bond acceptors (Lipinski definition) is 5. The fourth-order valence-corrected chi connectivity index (χ4v) is 1.78. The largest absolute Gasteiger partial charge is 0.496 e. The van der Waals surface area contributed by atoms with Crippen molar-refractivity contribution in [2.45, 2.75) is 20.3 Å². The highest BCUT2D eigenvalue weighted by atomic mass is 16.5. The summed E-state index contributed by atoms with van der Waals surface area (Å²) in [5.41, 5.74) is 0.755. The third-order valence-corrected chi connectivity index (χ3v) is 2.97. The summed E-state index contributed by atoms with van der Waals surface area (Å²) in [6, 6.07) is 7.45. The Kier molecular flexibility index (Phi) is 4.92. The van der Waals surface area contributed by atoms with Crippen LogP contribution < -0.4 is 10.1 Å². The molecule has 0 unspecified atom stereocenters. The fourth-order valence-electron chi connectivity index (χ4n) is 1.78. The third-order valence-electron chi connectivity index (χ3n) is 2.97. The Labute approximate surface area is 123 Å². The molecule has 1 amide bonds. The maximum Gasteiger partial charge on any atom is 0.251 e. The van der Waals surface area contributed by atoms with Gasteiger partial charge < -0.3 is 14.5 Å². The van der Waals surface area contributed by atoms with E-state index in [1.54, 1.807) is 7.11 Å². The van der Waals surface area contributed by atoms with Gasteiger partial charge in [-0.3, -0.25) is 4.79 Å². The van der Waals surface area contributed by atoms with Crippen molar-refractivity contribution in [1.29, 1.82) is 0 Å². The van der Waals surface area contributed by atoms with Gasteiger partial charge in [-0.25, -0.2) is 0 Å². The van der Waals surface area contributed by atoms with Crippen molar-refractivity contribution in [3.05, 3.63) is 30.2 Å². The molecule has 1 aromatic heterocycles. The summed E-state index contributed by atoms with van der Waals surface area (Å²) in [4.78, 5) is 11.4. The van der Waals surface area contributed by atoms with Crippen molar-refractivity contribution in [3.63, 3.8) is 0 Å². The molecule has 0 aliphatic carbocycles. The molecular weight excluding hydrogens is 270 g/mol. The number of amides is 1. The molecule has 2 aromatic rings. The van der Waals surface area contributed by atoms with Crippen LogP contribution in [0.25, 0.3) is 11.5 Å². The van der Waals surface area contributed by atoms with Crippen LogP contribution in [0.5, 0.6) is 5.75 Å². The van der Waals surface area contributed by atoms with E-state index in [0.29, 0.717) is 30.5 Å². The van der Waals surface area contributed by atoms with E-state index in [2.05, 4.69) is 15.5 Å². The number of nitrogens with zero attached hydrogens (tertiary/aromatic N) is 2. The number of rotatable bonds is 6. The molecule has 0 aliphatic rings. The first-order valence-electron chi connectivity index (χ1n) is 6.85. The van der Waals surface area contributed by atoms with Crippen LogP contribution in [-0.4, -0.2) is 29.8 Å². The second-order valence-electron chi connectivity index (χ2n) is 4.90. The van der Waals surface area contributed by atoms with Crippen LogP contribution in [0.15, 0.2) is 28.7 Å². The third kappa shape index (κ3) is 3.81. The Morgan fingerprint density at radius 3 is 2.81 bits per heavy atom. The summed E-state index contributed by atoms with van der Waals surface area (Å²) in [5.74, 6) is 1.56. The van der Waals surface area contributed by atoms with Gasteiger partial charge in [-0.05, 0) is 12.1 Å². The number of ether oxygens (including phenoxy) is 1. The zero-order chi connectivity index (χ0) is 15.2. The van der Waals surface area contributed by atoms with Crippen LogP contribution in [0.4, 0.5) is 0 Å². The molecule has 21 heavy (non-hydrogen) atoms. The highest BCUT2D eigenvalue weighted by molar-refractivity contribution is 5.77. The lowest BCUT2D eigenvalue weighted by atomic mass is 10.2. The Hall–Kier alpha value is -2.37. The highest BCUT2D eigenvalue weighted by Crippen LogP contribution is 2.28. The smallest absolute Gasteiger partial charge is 0.251 e. The summed E-state index contributed by atoms with van der Waals surface area (Å²) >= 11 is 0. The van der Waals surface area contributed by atoms with Gasteiger partial charge >= 0.3 is 0 Å². The molecule has 0 bridgehead atoms. The number of methoxy groups -OCH3 is 1. The number of para-hydroxylation sites is 1. The molecular formula is C15H19N3O3. The number of aromatic nitrogens is 2. The van der Waals surface area contributed by atoms with E-state index in [9.17, 15) is 4.79 Å². The Morgan fingerprint density at radius 2 is 2.10 bits per heavy atom. The van der Waals surface area contributed by atoms with Gasteiger partial charge in [0.05, 0.1) is 12.7 Å². The van der Waals surface area contributed by atoms with Crippen molar-refractivity contribution in [3.8, 4) is 17.2 Å². The first-order valence-corrected chi connectivity index (χ1v) is 6.85. The summed E-state index contributed by atoms with van der Waals surface area (Å²) in [6.07, 6.45) is 0.501. The lowest BCUT2D eigenvalue weighted by molar-refractivity contribution is -0.123. The van der Waals surface area contributed by atoms with E-state index >= 15 is 0 Å². The lowest BCUT2D eigenvalue weighted by Gasteiger charge is -2.05. The maximum atomic E-state index is 11.4. The zero-order valence-electron chi connectivity index (χ0n) is 12.4. The van der Waals surface area contributed by atoms with E-state index in [0.717, 1.165) is 5.56 Å².